The molecule has 0 aromatic heterocycles. The van der Waals surface area contributed by atoms with Crippen LogP contribution in [0.15, 0.2) is 12.2 Å². The minimum atomic E-state index is -1.56. The van der Waals surface area contributed by atoms with Crippen LogP contribution in [0.5, 0.6) is 0 Å². The summed E-state index contributed by atoms with van der Waals surface area (Å²) in [5.74, 6) is 0.602. The van der Waals surface area contributed by atoms with Crippen molar-refractivity contribution in [2.24, 2.45) is 5.92 Å². The Kier molecular flexibility index (Phi) is 28.6. The molecule has 1 aliphatic heterocycles. The molecule has 0 aromatic carbocycles. The highest BCUT2D eigenvalue weighted by atomic mass is 16.7. The van der Waals surface area contributed by atoms with Gasteiger partial charge in [0.2, 0.25) is 5.91 Å². The number of hydrogen-bond donors (Lipinski definition) is 6. The SMILES string of the molecule is CCCCCCCCCCCCCCCCC(=O)N[C@@H](CO[C@@H]1O[C@H](CO)[C@@H](O)[C@H](O)[C@H]1O)[C@H](O)/C=C/CCCCCCCCCC(C)C. The molecule has 9 heteroatoms. The minimum absolute atomic E-state index is 0.179. The first-order valence-corrected chi connectivity index (χ1v) is 20.3. The number of aliphatic hydroxyl groups excluding tert-OH is 5. The molecule has 0 unspecified atom stereocenters. The van der Waals surface area contributed by atoms with E-state index in [1.54, 1.807) is 6.08 Å². The van der Waals surface area contributed by atoms with Crippen molar-refractivity contribution in [2.75, 3.05) is 13.2 Å². The van der Waals surface area contributed by atoms with Crippen LogP contribution in [0, 0.1) is 5.92 Å². The molecule has 1 heterocycles. The summed E-state index contributed by atoms with van der Waals surface area (Å²) in [7, 11) is 0. The molecule has 6 N–H and O–H groups in total. The lowest BCUT2D eigenvalue weighted by Gasteiger charge is -2.40. The summed E-state index contributed by atoms with van der Waals surface area (Å²) < 4.78 is 11.2. The predicted molar refractivity (Wildman–Crippen MR) is 198 cm³/mol. The molecule has 49 heavy (non-hydrogen) atoms. The summed E-state index contributed by atoms with van der Waals surface area (Å²) in [6.07, 6.45) is 24.0. The van der Waals surface area contributed by atoms with Gasteiger partial charge in [0.05, 0.1) is 25.4 Å². The van der Waals surface area contributed by atoms with Crippen LogP contribution in [-0.2, 0) is 14.3 Å². The average Bonchev–Trinajstić information content (AvgIpc) is 3.08. The molecule has 0 saturated carbocycles. The molecule has 1 rings (SSSR count). The Labute approximate surface area is 299 Å². The zero-order chi connectivity index (χ0) is 36.1. The number of rotatable bonds is 32. The van der Waals surface area contributed by atoms with Crippen molar-refractivity contribution in [3.8, 4) is 0 Å². The number of ether oxygens (including phenoxy) is 2. The molecule has 9 nitrogen and oxygen atoms in total. The summed E-state index contributed by atoms with van der Waals surface area (Å²) in [5, 5.41) is 53.9. The van der Waals surface area contributed by atoms with E-state index in [1.165, 1.54) is 109 Å². The normalized spacial score (nSPS) is 22.6. The molecule has 1 fully saturated rings. The van der Waals surface area contributed by atoms with Crippen molar-refractivity contribution in [1.29, 1.82) is 0 Å². The summed E-state index contributed by atoms with van der Waals surface area (Å²) in [6.45, 7) is 6.05. The van der Waals surface area contributed by atoms with E-state index in [0.717, 1.165) is 44.4 Å². The van der Waals surface area contributed by atoms with Crippen LogP contribution in [0.25, 0.3) is 0 Å². The summed E-state index contributed by atoms with van der Waals surface area (Å²) >= 11 is 0. The van der Waals surface area contributed by atoms with Gasteiger partial charge in [-0.2, -0.15) is 0 Å². The quantitative estimate of drug-likeness (QED) is 0.0318. The standard InChI is InChI=1S/C40H77NO8/c1-4-5-6-7-8-9-10-11-12-13-17-20-23-26-29-36(44)41-33(31-48-40-39(47)38(46)37(45)35(30-42)49-40)34(43)28-25-22-19-16-14-15-18-21-24-27-32(2)3/h25,28,32-35,37-40,42-43,45-47H,4-24,26-27,29-31H2,1-3H3,(H,41,44)/b28-25+/t33-,34+,35+,37+,38-,39+,40+/m0/s1. The fourth-order valence-electron chi connectivity index (χ4n) is 6.46. The predicted octanol–water partition coefficient (Wildman–Crippen LogP) is 7.24. The summed E-state index contributed by atoms with van der Waals surface area (Å²) in [5.41, 5.74) is 0. The largest absolute Gasteiger partial charge is 0.394 e. The monoisotopic (exact) mass is 700 g/mol. The highest BCUT2D eigenvalue weighted by Crippen LogP contribution is 2.22. The molecule has 0 radical (unpaired) electrons. The van der Waals surface area contributed by atoms with E-state index >= 15 is 0 Å². The molecule has 7 atom stereocenters. The number of allylic oxidation sites excluding steroid dienone is 1. The van der Waals surface area contributed by atoms with E-state index in [4.69, 9.17) is 9.47 Å². The van der Waals surface area contributed by atoms with Crippen LogP contribution in [0.4, 0.5) is 0 Å². The van der Waals surface area contributed by atoms with Crippen LogP contribution in [0.3, 0.4) is 0 Å². The lowest BCUT2D eigenvalue weighted by Crippen LogP contribution is -2.60. The maximum absolute atomic E-state index is 12.9. The van der Waals surface area contributed by atoms with Gasteiger partial charge in [-0.1, -0.05) is 161 Å². The Balaban J connectivity index is 2.43. The van der Waals surface area contributed by atoms with E-state index in [0.29, 0.717) is 6.42 Å². The second-order valence-corrected chi connectivity index (χ2v) is 14.9. The highest BCUT2D eigenvalue weighted by Gasteiger charge is 2.44. The Morgan fingerprint density at radius 3 is 1.78 bits per heavy atom. The fraction of sp³-hybridized carbons (Fsp3) is 0.925. The molecule has 1 aliphatic rings. The van der Waals surface area contributed by atoms with E-state index in [9.17, 15) is 30.3 Å². The van der Waals surface area contributed by atoms with Crippen molar-refractivity contribution in [2.45, 2.75) is 218 Å². The molecule has 1 amide bonds. The second kappa shape index (κ2) is 30.5. The number of amides is 1. The van der Waals surface area contributed by atoms with Crippen molar-refractivity contribution in [1.82, 2.24) is 5.32 Å². The number of hydrogen-bond acceptors (Lipinski definition) is 8. The molecule has 0 spiro atoms. The van der Waals surface area contributed by atoms with E-state index in [-0.39, 0.29) is 12.5 Å². The van der Waals surface area contributed by atoms with E-state index in [1.807, 2.05) is 6.08 Å². The van der Waals surface area contributed by atoms with Gasteiger partial charge in [0, 0.05) is 6.42 Å². The Bertz CT molecular complexity index is 794. The number of unbranched alkanes of at least 4 members (excludes halogenated alkanes) is 20. The topological polar surface area (TPSA) is 149 Å². The minimum Gasteiger partial charge on any atom is -0.394 e. The van der Waals surface area contributed by atoms with Gasteiger partial charge >= 0.3 is 0 Å². The second-order valence-electron chi connectivity index (χ2n) is 14.9. The van der Waals surface area contributed by atoms with E-state index < -0.39 is 49.5 Å². The van der Waals surface area contributed by atoms with Gasteiger partial charge in [-0.25, -0.2) is 0 Å². The maximum Gasteiger partial charge on any atom is 0.220 e. The third kappa shape index (κ3) is 23.2. The van der Waals surface area contributed by atoms with Crippen molar-refractivity contribution in [3.63, 3.8) is 0 Å². The number of carbonyl (C=O) groups excluding carboxylic acids is 1. The van der Waals surface area contributed by atoms with Gasteiger partial charge in [-0.15, -0.1) is 0 Å². The zero-order valence-corrected chi connectivity index (χ0v) is 31.6. The third-order valence-corrected chi connectivity index (χ3v) is 9.79. The number of nitrogens with one attached hydrogen (secondary N) is 1. The summed E-state index contributed by atoms with van der Waals surface area (Å²) in [6, 6.07) is -0.798. The first-order valence-electron chi connectivity index (χ1n) is 20.3. The van der Waals surface area contributed by atoms with Gasteiger partial charge in [0.1, 0.15) is 24.4 Å². The first kappa shape index (κ1) is 46.0. The van der Waals surface area contributed by atoms with E-state index in [2.05, 4.69) is 26.1 Å². The number of carbonyl (C=O) groups is 1. The maximum atomic E-state index is 12.9. The van der Waals surface area contributed by atoms with Gasteiger partial charge in [-0.3, -0.25) is 4.79 Å². The Morgan fingerprint density at radius 2 is 1.24 bits per heavy atom. The molecule has 1 saturated heterocycles. The van der Waals surface area contributed by atoms with Crippen LogP contribution in [0.2, 0.25) is 0 Å². The van der Waals surface area contributed by atoms with Gasteiger partial charge in [0.15, 0.2) is 6.29 Å². The van der Waals surface area contributed by atoms with Crippen LogP contribution >= 0.6 is 0 Å². The smallest absolute Gasteiger partial charge is 0.220 e. The van der Waals surface area contributed by atoms with Crippen LogP contribution in [0.1, 0.15) is 175 Å². The fourth-order valence-corrected chi connectivity index (χ4v) is 6.46. The van der Waals surface area contributed by atoms with Gasteiger partial charge in [0.25, 0.3) is 0 Å². The molecular formula is C40H77NO8. The lowest BCUT2D eigenvalue weighted by molar-refractivity contribution is -0.302. The summed E-state index contributed by atoms with van der Waals surface area (Å²) in [4.78, 5) is 12.9. The first-order chi connectivity index (χ1) is 23.7. The van der Waals surface area contributed by atoms with Crippen LogP contribution < -0.4 is 5.32 Å². The third-order valence-electron chi connectivity index (χ3n) is 9.79. The Morgan fingerprint density at radius 1 is 0.735 bits per heavy atom. The van der Waals surface area contributed by atoms with Crippen molar-refractivity contribution >= 4 is 5.91 Å². The average molecular weight is 700 g/mol. The van der Waals surface area contributed by atoms with Crippen molar-refractivity contribution < 1.29 is 39.8 Å². The van der Waals surface area contributed by atoms with Crippen molar-refractivity contribution in [3.05, 3.63) is 12.2 Å². The molecule has 0 bridgehead atoms. The van der Waals surface area contributed by atoms with Gasteiger partial charge in [-0.05, 0) is 25.2 Å². The lowest BCUT2D eigenvalue weighted by atomic mass is 9.99. The van der Waals surface area contributed by atoms with Gasteiger partial charge < -0.3 is 40.3 Å². The Hall–Kier alpha value is -1.07. The number of aliphatic hydroxyl groups is 5. The van der Waals surface area contributed by atoms with Crippen LogP contribution in [-0.4, -0.2) is 87.5 Å². The molecular weight excluding hydrogens is 622 g/mol. The molecule has 290 valence electrons. The zero-order valence-electron chi connectivity index (χ0n) is 31.6. The molecule has 0 aromatic rings. The highest BCUT2D eigenvalue weighted by molar-refractivity contribution is 5.76. The molecule has 0 aliphatic carbocycles.